The van der Waals surface area contributed by atoms with E-state index in [4.69, 9.17) is 4.74 Å². The van der Waals surface area contributed by atoms with Crippen molar-refractivity contribution in [2.45, 2.75) is 45.9 Å². The zero-order valence-corrected chi connectivity index (χ0v) is 16.6. The molecule has 4 rings (SSSR count). The van der Waals surface area contributed by atoms with Crippen molar-refractivity contribution in [2.24, 2.45) is 0 Å². The van der Waals surface area contributed by atoms with Crippen molar-refractivity contribution in [3.05, 3.63) is 48.4 Å². The van der Waals surface area contributed by atoms with Crippen molar-refractivity contribution < 1.29 is 9.53 Å². The van der Waals surface area contributed by atoms with E-state index in [0.29, 0.717) is 26.1 Å². The molecule has 1 amide bonds. The topological polar surface area (TPSA) is 60.2 Å². The zero-order chi connectivity index (χ0) is 19.7. The molecule has 0 bridgehead atoms. The van der Waals surface area contributed by atoms with Crippen LogP contribution < -0.4 is 0 Å². The molecule has 0 spiro atoms. The molecule has 6 heteroatoms. The van der Waals surface area contributed by atoms with Crippen LogP contribution in [0.5, 0.6) is 0 Å². The van der Waals surface area contributed by atoms with E-state index in [-0.39, 0.29) is 18.1 Å². The van der Waals surface area contributed by atoms with Crippen LogP contribution in [0.4, 0.5) is 0 Å². The molecule has 3 aromatic rings. The van der Waals surface area contributed by atoms with Crippen LogP contribution in [-0.4, -0.2) is 50.6 Å². The van der Waals surface area contributed by atoms with E-state index in [1.807, 2.05) is 37.8 Å². The molecule has 2 atom stereocenters. The first kappa shape index (κ1) is 18.6. The monoisotopic (exact) mass is 378 g/mol. The molecule has 6 nitrogen and oxygen atoms in total. The maximum Gasteiger partial charge on any atom is 0.224 e. The minimum absolute atomic E-state index is 0.0791. The average molecular weight is 378 g/mol. The lowest BCUT2D eigenvalue weighted by molar-refractivity contribution is -0.143. The normalized spacial score (nSPS) is 19.9. The van der Waals surface area contributed by atoms with Crippen LogP contribution in [0.1, 0.15) is 26.0 Å². The number of carbonyl (C=O) groups is 1. The molecule has 0 aromatic carbocycles. The molecule has 4 heterocycles. The van der Waals surface area contributed by atoms with Gasteiger partial charge in [-0.05, 0) is 51.1 Å². The van der Waals surface area contributed by atoms with Crippen molar-refractivity contribution in [2.75, 3.05) is 13.1 Å². The first-order valence-corrected chi connectivity index (χ1v) is 9.82. The van der Waals surface area contributed by atoms with Crippen molar-refractivity contribution >= 4 is 16.9 Å². The quantitative estimate of drug-likeness (QED) is 0.698. The highest BCUT2D eigenvalue weighted by molar-refractivity contribution is 5.85. The van der Waals surface area contributed by atoms with Crippen LogP contribution in [0.3, 0.4) is 0 Å². The Balaban J connectivity index is 1.62. The van der Waals surface area contributed by atoms with Crippen LogP contribution in [0.2, 0.25) is 0 Å². The second kappa shape index (κ2) is 7.72. The SMILES string of the molecule is Cc1ncccc1-c1cc2cccnc2n1CCC(=O)N1CC(C)OC(C)C1. The van der Waals surface area contributed by atoms with Crippen molar-refractivity contribution in [1.82, 2.24) is 19.4 Å². The molecule has 1 aliphatic heterocycles. The highest BCUT2D eigenvalue weighted by Gasteiger charge is 2.26. The molecule has 0 N–H and O–H groups in total. The number of nitrogens with zero attached hydrogens (tertiary/aromatic N) is 4. The van der Waals surface area contributed by atoms with Gasteiger partial charge in [-0.25, -0.2) is 4.98 Å². The van der Waals surface area contributed by atoms with E-state index >= 15 is 0 Å². The number of pyridine rings is 2. The lowest BCUT2D eigenvalue weighted by atomic mass is 10.1. The molecule has 146 valence electrons. The maximum atomic E-state index is 12.9. The van der Waals surface area contributed by atoms with E-state index in [1.165, 1.54) is 0 Å². The summed E-state index contributed by atoms with van der Waals surface area (Å²) in [5.41, 5.74) is 3.99. The third kappa shape index (κ3) is 3.64. The summed E-state index contributed by atoms with van der Waals surface area (Å²) >= 11 is 0. The van der Waals surface area contributed by atoms with Crippen LogP contribution in [0.15, 0.2) is 42.7 Å². The lowest BCUT2D eigenvalue weighted by Gasteiger charge is -2.35. The summed E-state index contributed by atoms with van der Waals surface area (Å²) in [4.78, 5) is 23.8. The van der Waals surface area contributed by atoms with Crippen molar-refractivity contribution in [3.8, 4) is 11.3 Å². The van der Waals surface area contributed by atoms with Crippen LogP contribution in [0.25, 0.3) is 22.3 Å². The van der Waals surface area contributed by atoms with Gasteiger partial charge in [-0.15, -0.1) is 0 Å². The molecule has 1 fully saturated rings. The Morgan fingerprint density at radius 1 is 1.14 bits per heavy atom. The second-order valence-corrected chi connectivity index (χ2v) is 7.54. The van der Waals surface area contributed by atoms with Gasteiger partial charge in [-0.1, -0.05) is 0 Å². The molecular formula is C22H26N4O2. The van der Waals surface area contributed by atoms with Gasteiger partial charge in [0, 0.05) is 55.1 Å². The Hall–Kier alpha value is -2.73. The molecule has 0 saturated carbocycles. The Bertz CT molecular complexity index is 987. The summed E-state index contributed by atoms with van der Waals surface area (Å²) in [6.07, 6.45) is 4.19. The Labute approximate surface area is 165 Å². The number of rotatable bonds is 4. The van der Waals surface area contributed by atoms with Gasteiger partial charge in [0.2, 0.25) is 5.91 Å². The number of fused-ring (bicyclic) bond motifs is 1. The summed E-state index contributed by atoms with van der Waals surface area (Å²) < 4.78 is 7.89. The molecule has 1 saturated heterocycles. The summed E-state index contributed by atoms with van der Waals surface area (Å²) in [7, 11) is 0. The maximum absolute atomic E-state index is 12.9. The lowest BCUT2D eigenvalue weighted by Crippen LogP contribution is -2.48. The van der Waals surface area contributed by atoms with Gasteiger partial charge in [0.15, 0.2) is 0 Å². The predicted molar refractivity (Wildman–Crippen MR) is 109 cm³/mol. The number of aryl methyl sites for hydroxylation is 2. The smallest absolute Gasteiger partial charge is 0.224 e. The van der Waals surface area contributed by atoms with E-state index < -0.39 is 0 Å². The molecule has 3 aromatic heterocycles. The standard InChI is InChI=1S/C22H26N4O2/c1-15-13-25(14-16(2)28-15)21(27)8-11-26-20(19-7-5-9-23-17(19)3)12-18-6-4-10-24-22(18)26/h4-7,9-10,12,15-16H,8,11,13-14H2,1-3H3. The van der Waals surface area contributed by atoms with Crippen molar-refractivity contribution in [3.63, 3.8) is 0 Å². The first-order chi connectivity index (χ1) is 13.5. The minimum atomic E-state index is 0.0791. The van der Waals surface area contributed by atoms with Crippen LogP contribution >= 0.6 is 0 Å². The Morgan fingerprint density at radius 2 is 1.86 bits per heavy atom. The van der Waals surface area contributed by atoms with E-state index in [2.05, 4.69) is 32.7 Å². The summed E-state index contributed by atoms with van der Waals surface area (Å²) in [6.45, 7) is 7.94. The number of morpholine rings is 1. The summed E-state index contributed by atoms with van der Waals surface area (Å²) in [5, 5.41) is 1.07. The fraction of sp³-hybridized carbons (Fsp3) is 0.409. The molecular weight excluding hydrogens is 352 g/mol. The second-order valence-electron chi connectivity index (χ2n) is 7.54. The van der Waals surface area contributed by atoms with Gasteiger partial charge in [-0.3, -0.25) is 9.78 Å². The summed E-state index contributed by atoms with van der Waals surface area (Å²) in [5.74, 6) is 0.161. The molecule has 0 aliphatic carbocycles. The average Bonchev–Trinajstić information content (AvgIpc) is 3.04. The first-order valence-electron chi connectivity index (χ1n) is 9.82. The van der Waals surface area contributed by atoms with E-state index in [9.17, 15) is 4.79 Å². The highest BCUT2D eigenvalue weighted by Crippen LogP contribution is 2.29. The van der Waals surface area contributed by atoms with Gasteiger partial charge in [0.1, 0.15) is 5.65 Å². The molecule has 28 heavy (non-hydrogen) atoms. The highest BCUT2D eigenvalue weighted by atomic mass is 16.5. The fourth-order valence-corrected chi connectivity index (χ4v) is 4.04. The number of hydrogen-bond donors (Lipinski definition) is 0. The fourth-order valence-electron chi connectivity index (χ4n) is 4.04. The number of hydrogen-bond acceptors (Lipinski definition) is 4. The Kier molecular flexibility index (Phi) is 5.13. The molecule has 2 unspecified atom stereocenters. The molecule has 0 radical (unpaired) electrons. The van der Waals surface area contributed by atoms with Gasteiger partial charge in [-0.2, -0.15) is 0 Å². The van der Waals surface area contributed by atoms with Gasteiger partial charge in [0.05, 0.1) is 17.9 Å². The van der Waals surface area contributed by atoms with Crippen LogP contribution in [0, 0.1) is 6.92 Å². The number of ether oxygens (including phenoxy) is 1. The number of amides is 1. The van der Waals surface area contributed by atoms with E-state index in [1.54, 1.807) is 12.4 Å². The number of aromatic nitrogens is 3. The summed E-state index contributed by atoms with van der Waals surface area (Å²) in [6, 6.07) is 10.1. The zero-order valence-electron chi connectivity index (χ0n) is 16.6. The minimum Gasteiger partial charge on any atom is -0.372 e. The number of carbonyl (C=O) groups excluding carboxylic acids is 1. The van der Waals surface area contributed by atoms with Crippen LogP contribution in [-0.2, 0) is 16.1 Å². The van der Waals surface area contributed by atoms with Crippen molar-refractivity contribution in [1.29, 1.82) is 0 Å². The largest absolute Gasteiger partial charge is 0.372 e. The Morgan fingerprint density at radius 3 is 2.61 bits per heavy atom. The van der Waals surface area contributed by atoms with Gasteiger partial charge >= 0.3 is 0 Å². The van der Waals surface area contributed by atoms with Gasteiger partial charge in [0.25, 0.3) is 0 Å². The predicted octanol–water partition coefficient (Wildman–Crippen LogP) is 3.43. The van der Waals surface area contributed by atoms with Gasteiger partial charge < -0.3 is 14.2 Å². The molecule has 1 aliphatic rings. The third-order valence-corrected chi connectivity index (χ3v) is 5.26. The van der Waals surface area contributed by atoms with E-state index in [0.717, 1.165) is 28.0 Å². The third-order valence-electron chi connectivity index (χ3n) is 5.26.